The summed E-state index contributed by atoms with van der Waals surface area (Å²) in [5.41, 5.74) is 5.21. The molecule has 0 bridgehead atoms. The highest BCUT2D eigenvalue weighted by atomic mass is 16.6. The van der Waals surface area contributed by atoms with Gasteiger partial charge in [0.2, 0.25) is 0 Å². The minimum absolute atomic E-state index is 0.00127. The van der Waals surface area contributed by atoms with Crippen molar-refractivity contribution in [2.24, 2.45) is 23.7 Å². The van der Waals surface area contributed by atoms with Crippen LogP contribution in [0.5, 0.6) is 11.5 Å². The Bertz CT molecular complexity index is 2830. The number of hydrogen-bond donors (Lipinski definition) is 0. The van der Waals surface area contributed by atoms with Gasteiger partial charge in [0.1, 0.15) is 34.6 Å². The van der Waals surface area contributed by atoms with E-state index in [4.69, 9.17) is 14.2 Å². The fourth-order valence-electron chi connectivity index (χ4n) is 8.67. The number of allylic oxidation sites excluding steroid dienone is 2. The van der Waals surface area contributed by atoms with Gasteiger partial charge in [0.25, 0.3) is 0 Å². The molecule has 1 saturated carbocycles. The van der Waals surface area contributed by atoms with Gasteiger partial charge in [-0.2, -0.15) is 0 Å². The molecular formula is C48H30O16. The zero-order chi connectivity index (χ0) is 45.3. The first-order chi connectivity index (χ1) is 30.5. The second-order valence-corrected chi connectivity index (χ2v) is 15.6. The highest BCUT2D eigenvalue weighted by Gasteiger charge is 2.49. The van der Waals surface area contributed by atoms with E-state index in [1.807, 2.05) is 13.0 Å². The third-order valence-corrected chi connectivity index (χ3v) is 11.7. The smallest absolute Gasteiger partial charge is 0.347 e. The molecule has 4 unspecified atom stereocenters. The third-order valence-electron chi connectivity index (χ3n) is 11.7. The number of benzene rings is 4. The van der Waals surface area contributed by atoms with Crippen LogP contribution < -0.4 is 4.74 Å². The Morgan fingerprint density at radius 2 is 0.953 bits per heavy atom. The first-order valence-electron chi connectivity index (χ1n) is 19.6. The summed E-state index contributed by atoms with van der Waals surface area (Å²) in [6.07, 6.45) is 2.43. The lowest BCUT2D eigenvalue weighted by molar-refractivity contribution is -0.153. The van der Waals surface area contributed by atoms with Crippen LogP contribution in [0.25, 0.3) is 22.6 Å². The van der Waals surface area contributed by atoms with Crippen molar-refractivity contribution in [3.8, 4) is 22.6 Å². The molecule has 318 valence electrons. The summed E-state index contributed by atoms with van der Waals surface area (Å²) in [4.78, 5) is 116. The number of cyclic esters (lactones) is 8. The maximum atomic E-state index is 11.8. The van der Waals surface area contributed by atoms with Crippen molar-refractivity contribution in [2.45, 2.75) is 26.2 Å². The van der Waals surface area contributed by atoms with E-state index in [1.54, 1.807) is 54.6 Å². The maximum absolute atomic E-state index is 11.8. The van der Waals surface area contributed by atoms with Gasteiger partial charge in [-0.15, -0.1) is 0 Å². The number of carbonyl (C=O) groups is 10. The maximum Gasteiger partial charge on any atom is 0.347 e. The Hall–Kier alpha value is -8.40. The minimum Gasteiger partial charge on any atom is -0.457 e. The van der Waals surface area contributed by atoms with E-state index in [1.165, 1.54) is 18.2 Å². The number of ether oxygens (including phenoxy) is 6. The topological polar surface area (TPSA) is 226 Å². The lowest BCUT2D eigenvalue weighted by Gasteiger charge is -2.30. The molecule has 4 aromatic rings. The summed E-state index contributed by atoms with van der Waals surface area (Å²) in [5, 5.41) is 0. The van der Waals surface area contributed by atoms with E-state index >= 15 is 0 Å². The minimum atomic E-state index is -0.704. The summed E-state index contributed by atoms with van der Waals surface area (Å²) in [7, 11) is 0. The lowest BCUT2D eigenvalue weighted by Crippen LogP contribution is -2.31. The average molecular weight is 863 g/mol. The van der Waals surface area contributed by atoms with Crippen LogP contribution in [0.15, 0.2) is 97.6 Å². The Morgan fingerprint density at radius 3 is 1.50 bits per heavy atom. The van der Waals surface area contributed by atoms with E-state index < -0.39 is 53.7 Å². The molecule has 0 aromatic heterocycles. The number of ketones is 2. The van der Waals surface area contributed by atoms with Gasteiger partial charge in [0, 0.05) is 23.0 Å². The molecule has 16 nitrogen and oxygen atoms in total. The number of carbonyl (C=O) groups excluding carboxylic acids is 10. The van der Waals surface area contributed by atoms with E-state index in [2.05, 4.69) is 27.4 Å². The van der Waals surface area contributed by atoms with Crippen molar-refractivity contribution < 1.29 is 76.4 Å². The highest BCUT2D eigenvalue weighted by molar-refractivity contribution is 6.16. The first-order valence-corrected chi connectivity index (χ1v) is 19.6. The number of rotatable bonds is 4. The van der Waals surface area contributed by atoms with Gasteiger partial charge in [0.15, 0.2) is 0 Å². The highest BCUT2D eigenvalue weighted by Crippen LogP contribution is 2.44. The number of Topliss-reactive ketones (excluding diaryl/α,β-unsaturated/α-hetero) is 2. The molecule has 2 aliphatic carbocycles. The molecule has 16 heteroatoms. The van der Waals surface area contributed by atoms with Crippen LogP contribution in [0, 0.1) is 23.7 Å². The zero-order valence-electron chi connectivity index (χ0n) is 33.4. The summed E-state index contributed by atoms with van der Waals surface area (Å²) in [5.74, 6) is -4.58. The molecule has 0 N–H and O–H groups in total. The average Bonchev–Trinajstić information content (AvgIpc) is 4.07. The van der Waals surface area contributed by atoms with Gasteiger partial charge >= 0.3 is 47.8 Å². The number of hydrogen-bond acceptors (Lipinski definition) is 16. The van der Waals surface area contributed by atoms with E-state index in [0.29, 0.717) is 57.3 Å². The van der Waals surface area contributed by atoms with Crippen molar-refractivity contribution in [3.05, 3.63) is 142 Å². The van der Waals surface area contributed by atoms with Crippen molar-refractivity contribution in [1.82, 2.24) is 0 Å². The molecule has 11 rings (SSSR count). The Kier molecular flexibility index (Phi) is 9.92. The van der Waals surface area contributed by atoms with Gasteiger partial charge in [-0.25, -0.2) is 28.8 Å². The van der Waals surface area contributed by atoms with Crippen LogP contribution in [0.4, 0.5) is 0 Å². The summed E-state index contributed by atoms with van der Waals surface area (Å²) in [6, 6.07) is 19.3. The quantitative estimate of drug-likeness (QED) is 0.0917. The molecule has 0 spiro atoms. The van der Waals surface area contributed by atoms with Crippen LogP contribution in [-0.4, -0.2) is 59.3 Å². The lowest BCUT2D eigenvalue weighted by atomic mass is 9.71. The zero-order valence-corrected chi connectivity index (χ0v) is 33.4. The summed E-state index contributed by atoms with van der Waals surface area (Å²) < 4.78 is 29.2. The van der Waals surface area contributed by atoms with Crippen LogP contribution in [0.3, 0.4) is 0 Å². The van der Waals surface area contributed by atoms with Crippen LogP contribution in [0.1, 0.15) is 99.5 Å². The molecule has 0 radical (unpaired) electrons. The van der Waals surface area contributed by atoms with Crippen LogP contribution in [-0.2, 0) is 42.9 Å². The Morgan fingerprint density at radius 1 is 0.500 bits per heavy atom. The number of fused-ring (bicyclic) bond motifs is 5. The van der Waals surface area contributed by atoms with Gasteiger partial charge in [0.05, 0.1) is 52.1 Å². The SMILES string of the molecule is C=C1OC(=O)c2cc(-c3ccc4c(c3)C(=O)OC4=O)ccc21.C=C1OC(=O)c2cc(Oc3ccc4c(c3)C(=O)OC4=O)ccc21.CC1=CC(C2CC(=O)OC2=O)CC2C(=O)CC(=O)C12. The predicted octanol–water partition coefficient (Wildman–Crippen LogP) is 6.55. The first kappa shape index (κ1) is 41.0. The van der Waals surface area contributed by atoms with E-state index in [-0.39, 0.29) is 64.4 Å². The molecule has 7 aliphatic rings. The van der Waals surface area contributed by atoms with Crippen LogP contribution >= 0.6 is 0 Å². The third kappa shape index (κ3) is 7.19. The van der Waals surface area contributed by atoms with Gasteiger partial charge in [-0.05, 0) is 91.1 Å². The molecule has 5 heterocycles. The summed E-state index contributed by atoms with van der Waals surface area (Å²) >= 11 is 0. The summed E-state index contributed by atoms with van der Waals surface area (Å²) in [6.45, 7) is 9.14. The molecule has 1 saturated heterocycles. The standard InChI is InChI=1S/C17H8O6.C17H8O5.C14H14O5/c1-8-11-4-2-9(6-13(11)16(19)21-8)22-10-3-5-12-14(7-10)17(20)23-15(12)18;1-8-11-4-2-9(6-13(11)16(19)21-8)10-3-5-12-14(7-10)17(20)22-15(12)18;1-6-2-7(8-4-12(17)19-14(8)18)3-9-10(15)5-11(16)13(6)9/h2-7H,1H2;2-7H,1H2;2,7-9,13H,3-5H2,1H3. The fourth-order valence-corrected chi connectivity index (χ4v) is 8.67. The molecule has 2 fully saturated rings. The molecule has 5 aliphatic heterocycles. The van der Waals surface area contributed by atoms with Crippen molar-refractivity contribution in [2.75, 3.05) is 0 Å². The Balaban J connectivity index is 0.000000122. The normalized spacial score (nSPS) is 22.1. The largest absolute Gasteiger partial charge is 0.457 e. The Labute approximate surface area is 361 Å². The van der Waals surface area contributed by atoms with Crippen molar-refractivity contribution >= 4 is 70.8 Å². The second kappa shape index (κ2) is 15.5. The van der Waals surface area contributed by atoms with Gasteiger partial charge < -0.3 is 28.4 Å². The predicted molar refractivity (Wildman–Crippen MR) is 216 cm³/mol. The van der Waals surface area contributed by atoms with Crippen LogP contribution in [0.2, 0.25) is 0 Å². The molecule has 64 heavy (non-hydrogen) atoms. The monoisotopic (exact) mass is 862 g/mol. The van der Waals surface area contributed by atoms with Gasteiger partial charge in [-0.3, -0.25) is 19.2 Å². The van der Waals surface area contributed by atoms with Gasteiger partial charge in [-0.1, -0.05) is 36.9 Å². The van der Waals surface area contributed by atoms with E-state index in [9.17, 15) is 47.9 Å². The molecule has 0 amide bonds. The molecular weight excluding hydrogens is 833 g/mol. The fraction of sp³-hybridized carbons (Fsp3) is 0.167. The molecule has 4 atom stereocenters. The van der Waals surface area contributed by atoms with Crippen molar-refractivity contribution in [3.63, 3.8) is 0 Å². The van der Waals surface area contributed by atoms with Crippen molar-refractivity contribution in [1.29, 1.82) is 0 Å². The second-order valence-electron chi connectivity index (χ2n) is 15.6. The van der Waals surface area contributed by atoms with E-state index in [0.717, 1.165) is 11.1 Å². The molecule has 4 aromatic carbocycles. The number of esters is 8.